The Morgan fingerprint density at radius 1 is 1.39 bits per heavy atom. The minimum absolute atomic E-state index is 0.182. The summed E-state index contributed by atoms with van der Waals surface area (Å²) < 4.78 is 5.82. The number of amides is 1. The number of hydrogen-bond acceptors (Lipinski definition) is 4. The van der Waals surface area contributed by atoms with Crippen LogP contribution in [0.25, 0.3) is 0 Å². The summed E-state index contributed by atoms with van der Waals surface area (Å²) >= 11 is 7.95. The molecule has 0 radical (unpaired) electrons. The summed E-state index contributed by atoms with van der Waals surface area (Å²) in [7, 11) is 0. The molecule has 1 unspecified atom stereocenters. The average molecular weight is 349 g/mol. The Labute approximate surface area is 144 Å². The zero-order chi connectivity index (χ0) is 16.2. The Hall–Kier alpha value is -1.72. The molecule has 0 bridgehead atoms. The van der Waals surface area contributed by atoms with Gasteiger partial charge in [0.2, 0.25) is 5.88 Å². The third kappa shape index (κ3) is 4.18. The maximum absolute atomic E-state index is 12.4. The second kappa shape index (κ2) is 7.23. The van der Waals surface area contributed by atoms with Crippen LogP contribution in [0.15, 0.2) is 36.5 Å². The molecule has 1 fully saturated rings. The monoisotopic (exact) mass is 348 g/mol. The molecule has 4 nitrogen and oxygen atoms in total. The summed E-state index contributed by atoms with van der Waals surface area (Å²) in [5.41, 5.74) is 2.15. The predicted octanol–water partition coefficient (Wildman–Crippen LogP) is 4.18. The molecule has 3 rings (SSSR count). The van der Waals surface area contributed by atoms with E-state index in [1.807, 2.05) is 30.8 Å². The van der Waals surface area contributed by atoms with E-state index in [1.165, 1.54) is 0 Å². The predicted molar refractivity (Wildman–Crippen MR) is 94.7 cm³/mol. The van der Waals surface area contributed by atoms with E-state index in [1.54, 1.807) is 24.4 Å². The summed E-state index contributed by atoms with van der Waals surface area (Å²) in [5, 5.41) is 3.46. The van der Waals surface area contributed by atoms with Crippen LogP contribution in [0.1, 0.15) is 22.3 Å². The van der Waals surface area contributed by atoms with Crippen molar-refractivity contribution in [3.8, 4) is 5.88 Å². The van der Waals surface area contributed by atoms with Gasteiger partial charge in [-0.25, -0.2) is 4.98 Å². The van der Waals surface area contributed by atoms with Crippen molar-refractivity contribution in [1.82, 2.24) is 4.98 Å². The van der Waals surface area contributed by atoms with Crippen LogP contribution in [0.2, 0.25) is 5.02 Å². The van der Waals surface area contributed by atoms with Crippen LogP contribution in [-0.4, -0.2) is 28.5 Å². The topological polar surface area (TPSA) is 51.2 Å². The van der Waals surface area contributed by atoms with Crippen molar-refractivity contribution in [2.45, 2.75) is 19.4 Å². The van der Waals surface area contributed by atoms with Crippen molar-refractivity contribution in [3.63, 3.8) is 0 Å². The number of carbonyl (C=O) groups excluding carboxylic acids is 1. The number of hydrogen-bond donors (Lipinski definition) is 1. The molecule has 1 atom stereocenters. The van der Waals surface area contributed by atoms with E-state index in [0.29, 0.717) is 22.2 Å². The average Bonchev–Trinajstić information content (AvgIpc) is 3.04. The number of thioether (sulfide) groups is 1. The molecule has 6 heteroatoms. The Kier molecular flexibility index (Phi) is 5.08. The largest absolute Gasteiger partial charge is 0.473 e. The van der Waals surface area contributed by atoms with Crippen molar-refractivity contribution in [1.29, 1.82) is 0 Å². The summed E-state index contributed by atoms with van der Waals surface area (Å²) in [6.45, 7) is 1.92. The molecule has 2 heterocycles. The number of pyridine rings is 1. The molecule has 1 saturated heterocycles. The number of aryl methyl sites for hydroxylation is 1. The minimum atomic E-state index is -0.210. The summed E-state index contributed by atoms with van der Waals surface area (Å²) in [4.78, 5) is 16.5. The lowest BCUT2D eigenvalue weighted by Gasteiger charge is -2.12. The third-order valence-electron chi connectivity index (χ3n) is 3.60. The summed E-state index contributed by atoms with van der Waals surface area (Å²) in [5.74, 6) is 2.36. The fourth-order valence-corrected chi connectivity index (χ4v) is 3.54. The molecule has 120 valence electrons. The smallest absolute Gasteiger partial charge is 0.255 e. The molecule has 1 N–H and O–H groups in total. The highest BCUT2D eigenvalue weighted by atomic mass is 35.5. The molecular weight excluding hydrogens is 332 g/mol. The summed E-state index contributed by atoms with van der Waals surface area (Å²) in [6.07, 6.45) is 2.79. The number of nitrogens with one attached hydrogen (secondary N) is 1. The van der Waals surface area contributed by atoms with Crippen molar-refractivity contribution >= 4 is 35.0 Å². The number of anilines is 1. The molecule has 1 amide bonds. The highest BCUT2D eigenvalue weighted by molar-refractivity contribution is 7.99. The van der Waals surface area contributed by atoms with Gasteiger partial charge in [0, 0.05) is 34.3 Å². The van der Waals surface area contributed by atoms with E-state index in [-0.39, 0.29) is 12.0 Å². The Balaban J connectivity index is 1.70. The molecule has 2 aromatic rings. The van der Waals surface area contributed by atoms with Gasteiger partial charge in [0.1, 0.15) is 6.10 Å². The van der Waals surface area contributed by atoms with E-state index >= 15 is 0 Å². The quantitative estimate of drug-likeness (QED) is 0.900. The fraction of sp³-hybridized carbons (Fsp3) is 0.294. The lowest BCUT2D eigenvalue weighted by atomic mass is 10.2. The van der Waals surface area contributed by atoms with Crippen molar-refractivity contribution in [2.24, 2.45) is 0 Å². The van der Waals surface area contributed by atoms with Crippen LogP contribution in [0.5, 0.6) is 5.88 Å². The van der Waals surface area contributed by atoms with E-state index in [9.17, 15) is 4.79 Å². The first kappa shape index (κ1) is 16.1. The number of aromatic nitrogens is 1. The van der Waals surface area contributed by atoms with Gasteiger partial charge in [0.15, 0.2) is 0 Å². The van der Waals surface area contributed by atoms with Crippen LogP contribution < -0.4 is 10.1 Å². The number of halogens is 1. The first-order valence-electron chi connectivity index (χ1n) is 7.40. The Bertz CT molecular complexity index is 717. The number of rotatable bonds is 4. The fourth-order valence-electron chi connectivity index (χ4n) is 2.27. The normalized spacial score (nSPS) is 17.0. The number of carbonyl (C=O) groups is 1. The van der Waals surface area contributed by atoms with E-state index in [2.05, 4.69) is 10.3 Å². The van der Waals surface area contributed by atoms with E-state index < -0.39 is 0 Å². The van der Waals surface area contributed by atoms with Gasteiger partial charge >= 0.3 is 0 Å². The zero-order valence-corrected chi connectivity index (χ0v) is 14.3. The van der Waals surface area contributed by atoms with Gasteiger partial charge in [-0.3, -0.25) is 4.79 Å². The lowest BCUT2D eigenvalue weighted by Crippen LogP contribution is -2.17. The summed E-state index contributed by atoms with van der Waals surface area (Å²) in [6, 6.07) is 8.78. The first-order chi connectivity index (χ1) is 11.1. The van der Waals surface area contributed by atoms with Gasteiger partial charge in [-0.15, -0.1) is 0 Å². The number of nitrogens with zero attached hydrogens (tertiary/aromatic N) is 1. The third-order valence-corrected chi connectivity index (χ3v) is 5.14. The van der Waals surface area contributed by atoms with Gasteiger partial charge in [-0.05, 0) is 42.9 Å². The molecule has 1 aromatic heterocycles. The van der Waals surface area contributed by atoms with Gasteiger partial charge in [0.05, 0.1) is 0 Å². The van der Waals surface area contributed by atoms with Crippen molar-refractivity contribution in [2.75, 3.05) is 16.8 Å². The molecule has 1 aliphatic rings. The maximum atomic E-state index is 12.4. The number of ether oxygens (including phenoxy) is 1. The molecule has 23 heavy (non-hydrogen) atoms. The molecule has 0 spiro atoms. The molecule has 1 aromatic carbocycles. The number of benzene rings is 1. The zero-order valence-electron chi connectivity index (χ0n) is 12.7. The second-order valence-electron chi connectivity index (χ2n) is 5.40. The van der Waals surface area contributed by atoms with Gasteiger partial charge in [-0.2, -0.15) is 11.8 Å². The van der Waals surface area contributed by atoms with Gasteiger partial charge in [-0.1, -0.05) is 17.7 Å². The SMILES string of the molecule is Cc1ccc(NC(=O)c2ccnc(OC3CCSC3)c2)cc1Cl. The van der Waals surface area contributed by atoms with Crippen LogP contribution in [0.4, 0.5) is 5.69 Å². The van der Waals surface area contributed by atoms with Crippen LogP contribution in [0, 0.1) is 6.92 Å². The van der Waals surface area contributed by atoms with Crippen molar-refractivity contribution < 1.29 is 9.53 Å². The van der Waals surface area contributed by atoms with Crippen LogP contribution in [0.3, 0.4) is 0 Å². The Morgan fingerprint density at radius 3 is 3.00 bits per heavy atom. The second-order valence-corrected chi connectivity index (χ2v) is 6.96. The molecule has 0 saturated carbocycles. The molecule has 1 aliphatic heterocycles. The van der Waals surface area contributed by atoms with Gasteiger partial charge in [0.25, 0.3) is 5.91 Å². The minimum Gasteiger partial charge on any atom is -0.473 e. The highest BCUT2D eigenvalue weighted by Gasteiger charge is 2.18. The highest BCUT2D eigenvalue weighted by Crippen LogP contribution is 2.23. The van der Waals surface area contributed by atoms with E-state index in [4.69, 9.17) is 16.3 Å². The maximum Gasteiger partial charge on any atom is 0.255 e. The van der Waals surface area contributed by atoms with E-state index in [0.717, 1.165) is 23.5 Å². The van der Waals surface area contributed by atoms with Gasteiger partial charge < -0.3 is 10.1 Å². The Morgan fingerprint density at radius 2 is 2.26 bits per heavy atom. The first-order valence-corrected chi connectivity index (χ1v) is 8.93. The standard InChI is InChI=1S/C17H17ClN2O2S/c1-11-2-3-13(9-15(11)18)20-17(21)12-4-6-19-16(8-12)22-14-5-7-23-10-14/h2-4,6,8-9,14H,5,7,10H2,1H3,(H,20,21). The lowest BCUT2D eigenvalue weighted by molar-refractivity contribution is 0.102. The molecule has 0 aliphatic carbocycles. The van der Waals surface area contributed by atoms with Crippen LogP contribution >= 0.6 is 23.4 Å². The van der Waals surface area contributed by atoms with Crippen LogP contribution in [-0.2, 0) is 0 Å². The van der Waals surface area contributed by atoms with Crippen molar-refractivity contribution in [3.05, 3.63) is 52.7 Å². The molecular formula is C17H17ClN2O2S.